The van der Waals surface area contributed by atoms with Crippen LogP contribution >= 0.6 is 11.8 Å². The monoisotopic (exact) mass is 237 g/mol. The summed E-state index contributed by atoms with van der Waals surface area (Å²) in [7, 11) is 0. The largest absolute Gasteiger partial charge is 0.282 e. The summed E-state index contributed by atoms with van der Waals surface area (Å²) >= 11 is 1.44. The number of hydrogen-bond donors (Lipinski definition) is 0. The Morgan fingerprint density at radius 1 is 1.44 bits per heavy atom. The molecule has 0 saturated heterocycles. The first-order chi connectivity index (χ1) is 7.67. The van der Waals surface area contributed by atoms with Gasteiger partial charge in [-0.25, -0.2) is 0 Å². The fraction of sp³-hybridized carbons (Fsp3) is 0.400. The Bertz CT molecular complexity index is 441. The molecule has 0 fully saturated rings. The Hall–Kier alpha value is -1.43. The average molecular weight is 237 g/mol. The van der Waals surface area contributed by atoms with Crippen LogP contribution in [0.15, 0.2) is 39.4 Å². The van der Waals surface area contributed by atoms with Gasteiger partial charge in [-0.15, -0.1) is 11.8 Å². The van der Waals surface area contributed by atoms with Crippen LogP contribution in [0, 0.1) is 10.1 Å². The maximum atomic E-state index is 10.8. The van der Waals surface area contributed by atoms with E-state index in [0.29, 0.717) is 10.6 Å². The maximum absolute atomic E-state index is 10.8. The highest BCUT2D eigenvalue weighted by Crippen LogP contribution is 2.39. The van der Waals surface area contributed by atoms with Crippen LogP contribution in [0.1, 0.15) is 13.3 Å². The minimum absolute atomic E-state index is 0.152. The lowest BCUT2D eigenvalue weighted by molar-refractivity contribution is -0.387. The molecule has 1 aliphatic rings. The van der Waals surface area contributed by atoms with E-state index in [1.54, 1.807) is 18.2 Å². The van der Waals surface area contributed by atoms with E-state index in [1.165, 1.54) is 17.8 Å². The molecule has 0 saturated carbocycles. The summed E-state index contributed by atoms with van der Waals surface area (Å²) < 4.78 is 0. The molecule has 1 aliphatic heterocycles. The fourth-order valence-corrected chi connectivity index (χ4v) is 2.47. The van der Waals surface area contributed by atoms with E-state index in [0.717, 1.165) is 6.42 Å². The SMILES string of the molecule is CCC1(CSc2ccccc2[N+](=O)[O-])N=N1. The molecule has 1 heterocycles. The molecular weight excluding hydrogens is 226 g/mol. The molecule has 84 valence electrons. The van der Waals surface area contributed by atoms with Gasteiger partial charge in [0, 0.05) is 11.8 Å². The van der Waals surface area contributed by atoms with E-state index in [9.17, 15) is 10.1 Å². The van der Waals surface area contributed by atoms with Crippen molar-refractivity contribution in [2.24, 2.45) is 10.2 Å². The molecule has 0 N–H and O–H groups in total. The maximum Gasteiger partial charge on any atom is 0.282 e. The number of nitrogens with zero attached hydrogens (tertiary/aromatic N) is 3. The third-order valence-corrected chi connectivity index (χ3v) is 3.73. The van der Waals surface area contributed by atoms with E-state index < -0.39 is 0 Å². The fourth-order valence-electron chi connectivity index (χ4n) is 1.30. The summed E-state index contributed by atoms with van der Waals surface area (Å²) in [6.07, 6.45) is 0.848. The first-order valence-corrected chi connectivity index (χ1v) is 5.96. The van der Waals surface area contributed by atoms with Crippen molar-refractivity contribution < 1.29 is 4.92 Å². The van der Waals surface area contributed by atoms with Crippen molar-refractivity contribution in [3.63, 3.8) is 0 Å². The molecule has 0 radical (unpaired) electrons. The summed E-state index contributed by atoms with van der Waals surface area (Å²) in [5.74, 6) is 0.675. The van der Waals surface area contributed by atoms with Gasteiger partial charge in [0.25, 0.3) is 5.69 Å². The number of benzene rings is 1. The van der Waals surface area contributed by atoms with Gasteiger partial charge in [-0.05, 0) is 12.5 Å². The number of thioether (sulfide) groups is 1. The van der Waals surface area contributed by atoms with Gasteiger partial charge in [0.15, 0.2) is 5.66 Å². The van der Waals surface area contributed by atoms with Crippen molar-refractivity contribution >= 4 is 17.4 Å². The van der Waals surface area contributed by atoms with E-state index >= 15 is 0 Å². The summed E-state index contributed by atoms with van der Waals surface area (Å²) in [4.78, 5) is 11.1. The highest BCUT2D eigenvalue weighted by atomic mass is 32.2. The van der Waals surface area contributed by atoms with Crippen LogP contribution in [0.3, 0.4) is 0 Å². The van der Waals surface area contributed by atoms with Gasteiger partial charge >= 0.3 is 0 Å². The quantitative estimate of drug-likeness (QED) is 0.448. The molecule has 0 bridgehead atoms. The van der Waals surface area contributed by atoms with Crippen molar-refractivity contribution in [2.45, 2.75) is 23.9 Å². The third-order valence-electron chi connectivity index (χ3n) is 2.47. The lowest BCUT2D eigenvalue weighted by atomic mass is 10.2. The minimum Gasteiger partial charge on any atom is -0.258 e. The third kappa shape index (κ3) is 2.21. The van der Waals surface area contributed by atoms with E-state index in [4.69, 9.17) is 0 Å². The predicted molar refractivity (Wildman–Crippen MR) is 61.7 cm³/mol. The van der Waals surface area contributed by atoms with E-state index in [1.807, 2.05) is 6.92 Å². The number of nitro groups is 1. The molecule has 5 nitrogen and oxygen atoms in total. The molecule has 1 aromatic rings. The van der Waals surface area contributed by atoms with Gasteiger partial charge in [-0.1, -0.05) is 19.1 Å². The second-order valence-corrected chi connectivity index (χ2v) is 4.57. The van der Waals surface area contributed by atoms with Crippen LogP contribution in [0.25, 0.3) is 0 Å². The lowest BCUT2D eigenvalue weighted by Gasteiger charge is -2.06. The van der Waals surface area contributed by atoms with Crippen LogP contribution in [0.2, 0.25) is 0 Å². The Labute approximate surface area is 97.1 Å². The molecular formula is C10H11N3O2S. The van der Waals surface area contributed by atoms with E-state index in [2.05, 4.69) is 10.2 Å². The predicted octanol–water partition coefficient (Wildman–Crippen LogP) is 3.26. The number of nitro benzene ring substituents is 1. The highest BCUT2D eigenvalue weighted by Gasteiger charge is 2.38. The van der Waals surface area contributed by atoms with Crippen molar-refractivity contribution in [3.05, 3.63) is 34.4 Å². The number of para-hydroxylation sites is 1. The smallest absolute Gasteiger partial charge is 0.258 e. The van der Waals surface area contributed by atoms with Crippen molar-refractivity contribution in [1.82, 2.24) is 0 Å². The zero-order valence-corrected chi connectivity index (χ0v) is 9.61. The first kappa shape index (κ1) is 11.1. The summed E-state index contributed by atoms with van der Waals surface area (Å²) in [6, 6.07) is 6.75. The first-order valence-electron chi connectivity index (χ1n) is 4.97. The zero-order valence-electron chi connectivity index (χ0n) is 8.79. The Morgan fingerprint density at radius 2 is 2.12 bits per heavy atom. The summed E-state index contributed by atoms with van der Waals surface area (Å²) in [6.45, 7) is 2.01. The van der Waals surface area contributed by atoms with Crippen molar-refractivity contribution in [3.8, 4) is 0 Å². The molecule has 2 rings (SSSR count). The van der Waals surface area contributed by atoms with Crippen LogP contribution in [0.4, 0.5) is 5.69 Å². The van der Waals surface area contributed by atoms with Crippen molar-refractivity contribution in [2.75, 3.05) is 5.75 Å². The van der Waals surface area contributed by atoms with Crippen molar-refractivity contribution in [1.29, 1.82) is 0 Å². The topological polar surface area (TPSA) is 67.9 Å². The molecule has 0 atom stereocenters. The Kier molecular flexibility index (Phi) is 2.91. The normalized spacial score (nSPS) is 16.1. The second kappa shape index (κ2) is 4.21. The molecule has 16 heavy (non-hydrogen) atoms. The van der Waals surface area contributed by atoms with E-state index in [-0.39, 0.29) is 16.3 Å². The van der Waals surface area contributed by atoms with Gasteiger partial charge in [0.05, 0.1) is 9.82 Å². The minimum atomic E-state index is -0.359. The van der Waals surface area contributed by atoms with Crippen LogP contribution in [-0.2, 0) is 0 Å². The summed E-state index contributed by atoms with van der Waals surface area (Å²) in [5, 5.41) is 18.7. The zero-order chi connectivity index (χ0) is 11.6. The second-order valence-electron chi connectivity index (χ2n) is 3.55. The number of rotatable bonds is 5. The molecule has 0 spiro atoms. The number of hydrogen-bond acceptors (Lipinski definition) is 5. The van der Waals surface area contributed by atoms with Gasteiger partial charge in [0.2, 0.25) is 0 Å². The van der Waals surface area contributed by atoms with Crippen LogP contribution in [0.5, 0.6) is 0 Å². The van der Waals surface area contributed by atoms with Gasteiger partial charge in [-0.2, -0.15) is 10.2 Å². The Morgan fingerprint density at radius 3 is 2.69 bits per heavy atom. The molecule has 6 heteroatoms. The van der Waals surface area contributed by atoms with Gasteiger partial charge in [-0.3, -0.25) is 10.1 Å². The van der Waals surface area contributed by atoms with Crippen LogP contribution < -0.4 is 0 Å². The highest BCUT2D eigenvalue weighted by molar-refractivity contribution is 7.99. The standard InChI is InChI=1S/C10H11N3O2S/c1-2-10(11-12-10)7-16-9-6-4-3-5-8(9)13(14)15/h3-6H,2,7H2,1H3. The summed E-state index contributed by atoms with van der Waals surface area (Å²) in [5.41, 5.74) is -0.131. The van der Waals surface area contributed by atoms with Gasteiger partial charge < -0.3 is 0 Å². The molecule has 1 aromatic carbocycles. The molecule has 0 aliphatic carbocycles. The molecule has 0 unspecified atom stereocenters. The van der Waals surface area contributed by atoms with Gasteiger partial charge in [0.1, 0.15) is 0 Å². The molecule has 0 amide bonds. The van der Waals surface area contributed by atoms with Crippen LogP contribution in [-0.4, -0.2) is 16.3 Å². The lowest BCUT2D eigenvalue weighted by Crippen LogP contribution is -2.12. The average Bonchev–Trinajstić information content (AvgIpc) is 3.07. The molecule has 0 aromatic heterocycles. The Balaban J connectivity index is 2.06.